The summed E-state index contributed by atoms with van der Waals surface area (Å²) < 4.78 is 12.6. The maximum Gasteiger partial charge on any atom is 0.216 e. The number of aromatic amines is 1. The molecule has 40 heavy (non-hydrogen) atoms. The monoisotopic (exact) mass is 533 g/mol. The number of carbonyl (C=O) groups is 1. The van der Waals surface area contributed by atoms with Crippen molar-refractivity contribution < 1.29 is 14.3 Å². The van der Waals surface area contributed by atoms with E-state index in [1.165, 1.54) is 16.7 Å². The van der Waals surface area contributed by atoms with E-state index in [-0.39, 0.29) is 5.91 Å². The molecule has 0 aliphatic rings. The normalized spacial score (nSPS) is 10.9. The molecule has 1 heterocycles. The third-order valence-electron chi connectivity index (χ3n) is 7.11. The molecule has 1 aromatic heterocycles. The topological polar surface area (TPSA) is 76.2 Å². The maximum atomic E-state index is 11.2. The van der Waals surface area contributed by atoms with Gasteiger partial charge in [0.1, 0.15) is 24.7 Å². The van der Waals surface area contributed by atoms with Crippen LogP contribution in [0, 0.1) is 6.92 Å². The fraction of sp³-hybridized carbons (Fsp3) is 0.235. The lowest BCUT2D eigenvalue weighted by molar-refractivity contribution is -0.118. The number of unbranched alkanes of at least 4 members (excludes halogenated alkanes) is 1. The van der Waals surface area contributed by atoms with E-state index in [0.29, 0.717) is 19.8 Å². The van der Waals surface area contributed by atoms with E-state index in [1.54, 1.807) is 6.92 Å². The van der Waals surface area contributed by atoms with Gasteiger partial charge in [0.15, 0.2) is 0 Å². The highest BCUT2D eigenvalue weighted by Gasteiger charge is 2.11. The van der Waals surface area contributed by atoms with Crippen molar-refractivity contribution in [3.05, 3.63) is 113 Å². The molecule has 0 fully saturated rings. The molecule has 0 saturated carbocycles. The minimum atomic E-state index is 0.00431. The van der Waals surface area contributed by atoms with E-state index in [9.17, 15) is 4.79 Å². The first-order valence-electron chi connectivity index (χ1n) is 13.8. The Morgan fingerprint density at radius 1 is 0.875 bits per heavy atom. The zero-order chi connectivity index (χ0) is 27.7. The van der Waals surface area contributed by atoms with E-state index in [2.05, 4.69) is 83.1 Å². The van der Waals surface area contributed by atoms with Crippen LogP contribution in [-0.2, 0) is 24.4 Å². The first-order valence-corrected chi connectivity index (χ1v) is 13.8. The summed E-state index contributed by atoms with van der Waals surface area (Å²) in [5.41, 5.74) is 8.00. The van der Waals surface area contributed by atoms with Gasteiger partial charge in [0.25, 0.3) is 0 Å². The Labute approximate surface area is 235 Å². The minimum Gasteiger partial charge on any atom is -0.489 e. The number of nitrogens with zero attached hydrogens (tertiary/aromatic N) is 1. The van der Waals surface area contributed by atoms with Crippen LogP contribution in [0.3, 0.4) is 0 Å². The molecule has 5 rings (SSSR count). The van der Waals surface area contributed by atoms with Crippen LogP contribution < -0.4 is 14.8 Å². The number of H-pyrrole nitrogens is 1. The Morgan fingerprint density at radius 2 is 1.75 bits per heavy atom. The highest BCUT2D eigenvalue weighted by atomic mass is 16.5. The molecule has 0 spiro atoms. The lowest BCUT2D eigenvalue weighted by Gasteiger charge is -2.16. The first kappa shape index (κ1) is 27.0. The quantitative estimate of drug-likeness (QED) is 0.167. The average molecular weight is 534 g/mol. The molecule has 0 bridgehead atoms. The third kappa shape index (κ3) is 6.89. The van der Waals surface area contributed by atoms with E-state index in [4.69, 9.17) is 9.47 Å². The third-order valence-corrected chi connectivity index (χ3v) is 7.11. The lowest BCUT2D eigenvalue weighted by atomic mass is 9.97. The van der Waals surface area contributed by atoms with Crippen LogP contribution >= 0.6 is 0 Å². The van der Waals surface area contributed by atoms with Gasteiger partial charge in [0.2, 0.25) is 5.91 Å². The minimum absolute atomic E-state index is 0.00431. The van der Waals surface area contributed by atoms with Crippen molar-refractivity contribution in [1.82, 2.24) is 15.5 Å². The number of benzene rings is 4. The Kier molecular flexibility index (Phi) is 8.76. The maximum absolute atomic E-state index is 11.2. The van der Waals surface area contributed by atoms with Crippen molar-refractivity contribution in [2.45, 2.75) is 46.3 Å². The number of rotatable bonds is 12. The predicted octanol–water partition coefficient (Wildman–Crippen LogP) is 7.16. The molecule has 0 aliphatic heterocycles. The van der Waals surface area contributed by atoms with Crippen LogP contribution in [0.4, 0.5) is 0 Å². The summed E-state index contributed by atoms with van der Waals surface area (Å²) in [6, 6.07) is 29.1. The number of carbonyl (C=O) groups excluding carboxylic acids is 1. The summed E-state index contributed by atoms with van der Waals surface area (Å²) in [4.78, 5) is 11.2. The lowest BCUT2D eigenvalue weighted by Crippen LogP contribution is -2.20. The molecule has 0 saturated heterocycles. The fourth-order valence-corrected chi connectivity index (χ4v) is 4.84. The molecule has 0 aliphatic carbocycles. The highest BCUT2D eigenvalue weighted by molar-refractivity contribution is 5.78. The van der Waals surface area contributed by atoms with E-state index < -0.39 is 0 Å². The summed E-state index contributed by atoms with van der Waals surface area (Å²) in [5.74, 6) is 1.59. The predicted molar refractivity (Wildman–Crippen MR) is 159 cm³/mol. The molecule has 6 heteroatoms. The average Bonchev–Trinajstić information content (AvgIpc) is 3.44. The van der Waals surface area contributed by atoms with Gasteiger partial charge in [-0.1, -0.05) is 60.7 Å². The van der Waals surface area contributed by atoms with Gasteiger partial charge in [-0.25, -0.2) is 0 Å². The van der Waals surface area contributed by atoms with Gasteiger partial charge in [-0.05, 0) is 77.8 Å². The molecular formula is C34H35N3O3. The highest BCUT2D eigenvalue weighted by Crippen LogP contribution is 2.30. The largest absolute Gasteiger partial charge is 0.489 e. The SMILES string of the molecule is CC(=O)NCCCCc1ccc(OCc2cccc(-c3ccccc3)c2C)cc1OCc1ccc2[nH]ncc2c1. The second-order valence-corrected chi connectivity index (χ2v) is 10.0. The summed E-state index contributed by atoms with van der Waals surface area (Å²) in [7, 11) is 0. The van der Waals surface area contributed by atoms with Crippen molar-refractivity contribution >= 4 is 16.8 Å². The van der Waals surface area contributed by atoms with Crippen LogP contribution in [0.2, 0.25) is 0 Å². The molecule has 4 aromatic carbocycles. The number of ether oxygens (including phenoxy) is 2. The smallest absolute Gasteiger partial charge is 0.216 e. The van der Waals surface area contributed by atoms with Crippen LogP contribution in [0.1, 0.15) is 42.0 Å². The molecule has 1 amide bonds. The van der Waals surface area contributed by atoms with Gasteiger partial charge >= 0.3 is 0 Å². The first-order chi connectivity index (χ1) is 19.6. The Bertz CT molecular complexity index is 1580. The second kappa shape index (κ2) is 13.0. The molecule has 204 valence electrons. The van der Waals surface area contributed by atoms with Crippen LogP contribution in [0.5, 0.6) is 11.5 Å². The number of hydrogen-bond acceptors (Lipinski definition) is 4. The summed E-state index contributed by atoms with van der Waals surface area (Å²) in [6.07, 6.45) is 4.53. The van der Waals surface area contributed by atoms with Crippen molar-refractivity contribution in [3.8, 4) is 22.6 Å². The second-order valence-electron chi connectivity index (χ2n) is 10.0. The molecule has 0 atom stereocenters. The standard InChI is InChI=1S/C34H35N3O3/c1-24-29(12-8-13-32(24)27-9-4-3-5-10-27)23-39-31-16-15-28(11-6-7-18-35-25(2)38)34(20-31)40-22-26-14-17-33-30(19-26)21-36-37-33/h3-5,8-10,12-17,19-21H,6-7,11,18,22-23H2,1-2H3,(H,35,38)(H,36,37). The van der Waals surface area contributed by atoms with E-state index in [0.717, 1.165) is 58.4 Å². The summed E-state index contributed by atoms with van der Waals surface area (Å²) in [5, 5.41) is 11.0. The number of hydrogen-bond donors (Lipinski definition) is 2. The number of aryl methyl sites for hydroxylation is 1. The van der Waals surface area contributed by atoms with Crippen molar-refractivity contribution in [1.29, 1.82) is 0 Å². The molecule has 0 unspecified atom stereocenters. The van der Waals surface area contributed by atoms with Crippen LogP contribution in [-0.4, -0.2) is 22.6 Å². The molecular weight excluding hydrogens is 498 g/mol. The number of amides is 1. The number of aromatic nitrogens is 2. The van der Waals surface area contributed by atoms with E-state index >= 15 is 0 Å². The molecule has 6 nitrogen and oxygen atoms in total. The van der Waals surface area contributed by atoms with Gasteiger partial charge < -0.3 is 14.8 Å². The van der Waals surface area contributed by atoms with E-state index in [1.807, 2.05) is 30.5 Å². The molecule has 0 radical (unpaired) electrons. The van der Waals surface area contributed by atoms with Gasteiger partial charge in [-0.15, -0.1) is 0 Å². The number of fused-ring (bicyclic) bond motifs is 1. The van der Waals surface area contributed by atoms with Gasteiger partial charge in [0, 0.05) is 24.9 Å². The van der Waals surface area contributed by atoms with Gasteiger partial charge in [-0.3, -0.25) is 9.89 Å². The number of nitrogens with one attached hydrogen (secondary N) is 2. The van der Waals surface area contributed by atoms with Crippen LogP contribution in [0.15, 0.2) is 91.1 Å². The fourth-order valence-electron chi connectivity index (χ4n) is 4.84. The van der Waals surface area contributed by atoms with Gasteiger partial charge in [0.05, 0.1) is 11.7 Å². The molecule has 5 aromatic rings. The van der Waals surface area contributed by atoms with Crippen molar-refractivity contribution in [2.24, 2.45) is 0 Å². The van der Waals surface area contributed by atoms with Gasteiger partial charge in [-0.2, -0.15) is 5.10 Å². The van der Waals surface area contributed by atoms with Crippen molar-refractivity contribution in [3.63, 3.8) is 0 Å². The van der Waals surface area contributed by atoms with Crippen molar-refractivity contribution in [2.75, 3.05) is 6.54 Å². The van der Waals surface area contributed by atoms with Crippen LogP contribution in [0.25, 0.3) is 22.0 Å². The Morgan fingerprint density at radius 3 is 2.60 bits per heavy atom. The zero-order valence-electron chi connectivity index (χ0n) is 23.1. The summed E-state index contributed by atoms with van der Waals surface area (Å²) in [6.45, 7) is 5.29. The Hall–Kier alpha value is -4.58. The molecule has 2 N–H and O–H groups in total. The Balaban J connectivity index is 1.30. The zero-order valence-corrected chi connectivity index (χ0v) is 23.1. The summed E-state index contributed by atoms with van der Waals surface area (Å²) >= 11 is 0.